The van der Waals surface area contributed by atoms with Crippen LogP contribution in [0, 0.1) is 27.7 Å². The average Bonchev–Trinajstić information content (AvgIpc) is 2.76. The van der Waals surface area contributed by atoms with Gasteiger partial charge in [-0.15, -0.1) is 0 Å². The Bertz CT molecular complexity index is 1260. The van der Waals surface area contributed by atoms with E-state index in [0.717, 1.165) is 12.1 Å². The Balaban J connectivity index is 2.56. The molecule has 0 heterocycles. The standard InChI is InChI=1S/C28H22F12/c1-15-8-10-21(12-17(15)3)23(25(29,30)31,26(32,33)34)19-6-5-7-20(14-19)24(27(35,36)37,28(38,39)40)22-11-9-16(2)18(4)13-22/h5-14H,1-4H3. The molecular formula is C28H22F12. The molecule has 0 aliphatic rings. The predicted molar refractivity (Wildman–Crippen MR) is 124 cm³/mol. The molecule has 0 amide bonds. The number of aryl methyl sites for hydroxylation is 4. The van der Waals surface area contributed by atoms with Gasteiger partial charge in [-0.2, -0.15) is 52.7 Å². The molecule has 0 bridgehead atoms. The fourth-order valence-electron chi connectivity index (χ4n) is 4.90. The summed E-state index contributed by atoms with van der Waals surface area (Å²) in [6, 6.07) is 4.63. The maximum atomic E-state index is 14.6. The van der Waals surface area contributed by atoms with Gasteiger partial charge in [-0.05, 0) is 72.2 Å². The van der Waals surface area contributed by atoms with E-state index in [-0.39, 0.29) is 29.3 Å². The molecule has 218 valence electrons. The zero-order valence-corrected chi connectivity index (χ0v) is 21.3. The van der Waals surface area contributed by atoms with Crippen LogP contribution >= 0.6 is 0 Å². The van der Waals surface area contributed by atoms with Crippen LogP contribution in [0.15, 0.2) is 60.7 Å². The SMILES string of the molecule is Cc1ccc(C(c2cccc(C(c3ccc(C)c(C)c3)(C(F)(F)F)C(F)(F)F)c2)(C(F)(F)F)C(F)(F)F)cc1C. The van der Waals surface area contributed by atoms with Crippen molar-refractivity contribution in [2.45, 2.75) is 63.2 Å². The maximum absolute atomic E-state index is 14.6. The van der Waals surface area contributed by atoms with Crippen LogP contribution in [-0.4, -0.2) is 24.7 Å². The molecular weight excluding hydrogens is 564 g/mol. The minimum atomic E-state index is -6.22. The predicted octanol–water partition coefficient (Wildman–Crippen LogP) is 9.74. The summed E-state index contributed by atoms with van der Waals surface area (Å²) in [7, 11) is 0. The quantitative estimate of drug-likeness (QED) is 0.267. The Labute approximate surface area is 221 Å². The topological polar surface area (TPSA) is 0 Å². The minimum Gasteiger partial charge on any atom is -0.169 e. The molecule has 0 radical (unpaired) electrons. The lowest BCUT2D eigenvalue weighted by molar-refractivity contribution is -0.289. The van der Waals surface area contributed by atoms with E-state index in [1.165, 1.54) is 27.7 Å². The van der Waals surface area contributed by atoms with Crippen LogP contribution < -0.4 is 0 Å². The fraction of sp³-hybridized carbons (Fsp3) is 0.357. The first-order valence-electron chi connectivity index (χ1n) is 11.6. The highest BCUT2D eigenvalue weighted by molar-refractivity contribution is 5.52. The highest BCUT2D eigenvalue weighted by Crippen LogP contribution is 2.60. The summed E-state index contributed by atoms with van der Waals surface area (Å²) in [5.41, 5.74) is -15.7. The number of benzene rings is 3. The molecule has 3 aromatic rings. The third-order valence-electron chi connectivity index (χ3n) is 7.31. The van der Waals surface area contributed by atoms with Crippen LogP contribution in [0.2, 0.25) is 0 Å². The van der Waals surface area contributed by atoms with E-state index >= 15 is 0 Å². The van der Waals surface area contributed by atoms with Gasteiger partial charge in [-0.25, -0.2) is 0 Å². The van der Waals surface area contributed by atoms with Gasteiger partial charge in [0.2, 0.25) is 10.8 Å². The van der Waals surface area contributed by atoms with Gasteiger partial charge < -0.3 is 0 Å². The monoisotopic (exact) mass is 586 g/mol. The summed E-state index contributed by atoms with van der Waals surface area (Å²) in [4.78, 5) is 0. The van der Waals surface area contributed by atoms with E-state index in [1.54, 1.807) is 0 Å². The molecule has 0 atom stereocenters. The fourth-order valence-corrected chi connectivity index (χ4v) is 4.90. The third kappa shape index (κ3) is 4.62. The molecule has 0 aromatic heterocycles. The molecule has 40 heavy (non-hydrogen) atoms. The van der Waals surface area contributed by atoms with E-state index in [1.807, 2.05) is 0 Å². The molecule has 3 rings (SSSR count). The van der Waals surface area contributed by atoms with Gasteiger partial charge in [-0.3, -0.25) is 0 Å². The molecule has 12 heteroatoms. The number of hydrogen-bond acceptors (Lipinski definition) is 0. The Morgan fingerprint density at radius 1 is 0.350 bits per heavy atom. The van der Waals surface area contributed by atoms with Crippen molar-refractivity contribution in [1.29, 1.82) is 0 Å². The first kappa shape index (κ1) is 31.3. The van der Waals surface area contributed by atoms with E-state index < -0.39 is 57.8 Å². The molecule has 0 aliphatic heterocycles. The molecule has 0 saturated heterocycles. The summed E-state index contributed by atoms with van der Waals surface area (Å²) >= 11 is 0. The van der Waals surface area contributed by atoms with E-state index in [2.05, 4.69) is 0 Å². The zero-order chi connectivity index (χ0) is 30.7. The van der Waals surface area contributed by atoms with E-state index in [9.17, 15) is 52.7 Å². The van der Waals surface area contributed by atoms with Gasteiger partial charge in [0.25, 0.3) is 0 Å². The van der Waals surface area contributed by atoms with Crippen LogP contribution in [-0.2, 0) is 10.8 Å². The third-order valence-corrected chi connectivity index (χ3v) is 7.31. The minimum absolute atomic E-state index is 0.00147. The van der Waals surface area contributed by atoms with Crippen molar-refractivity contribution in [3.05, 3.63) is 105 Å². The van der Waals surface area contributed by atoms with Crippen molar-refractivity contribution in [3.63, 3.8) is 0 Å². The van der Waals surface area contributed by atoms with Crippen molar-refractivity contribution in [3.8, 4) is 0 Å². The van der Waals surface area contributed by atoms with Gasteiger partial charge in [0, 0.05) is 0 Å². The first-order chi connectivity index (χ1) is 18.0. The summed E-state index contributed by atoms with van der Waals surface area (Å²) in [5.74, 6) is 0. The molecule has 0 N–H and O–H groups in total. The Morgan fingerprint density at radius 3 is 0.875 bits per heavy atom. The lowest BCUT2D eigenvalue weighted by Gasteiger charge is -2.41. The van der Waals surface area contributed by atoms with Gasteiger partial charge in [0.15, 0.2) is 0 Å². The Kier molecular flexibility index (Phi) is 7.62. The highest BCUT2D eigenvalue weighted by atomic mass is 19.4. The number of rotatable bonds is 4. The number of hydrogen-bond donors (Lipinski definition) is 0. The summed E-state index contributed by atoms with van der Waals surface area (Å²) in [6.07, 6.45) is -24.9. The highest BCUT2D eigenvalue weighted by Gasteiger charge is 2.75. The Morgan fingerprint density at radius 2 is 0.625 bits per heavy atom. The lowest BCUT2D eigenvalue weighted by atomic mass is 9.68. The number of alkyl halides is 12. The van der Waals surface area contributed by atoms with Crippen LogP contribution in [0.25, 0.3) is 0 Å². The molecule has 0 saturated carbocycles. The number of halogens is 12. The molecule has 3 aromatic carbocycles. The molecule has 0 aliphatic carbocycles. The smallest absolute Gasteiger partial charge is 0.169 e. The van der Waals surface area contributed by atoms with Gasteiger partial charge in [-0.1, -0.05) is 60.7 Å². The van der Waals surface area contributed by atoms with Gasteiger partial charge in [0.1, 0.15) is 0 Å². The Hall–Kier alpha value is -3.18. The van der Waals surface area contributed by atoms with Crippen LogP contribution in [0.5, 0.6) is 0 Å². The molecule has 0 unspecified atom stereocenters. The molecule has 0 spiro atoms. The van der Waals surface area contributed by atoms with Crippen LogP contribution in [0.4, 0.5) is 52.7 Å². The van der Waals surface area contributed by atoms with Gasteiger partial charge >= 0.3 is 24.7 Å². The van der Waals surface area contributed by atoms with Crippen molar-refractivity contribution < 1.29 is 52.7 Å². The molecule has 0 nitrogen and oxygen atoms in total. The summed E-state index contributed by atoms with van der Waals surface area (Å²) in [6.45, 7) is 5.27. The van der Waals surface area contributed by atoms with E-state index in [0.29, 0.717) is 41.5 Å². The maximum Gasteiger partial charge on any atom is 0.411 e. The first-order valence-corrected chi connectivity index (χ1v) is 11.6. The van der Waals surface area contributed by atoms with Crippen molar-refractivity contribution in [2.24, 2.45) is 0 Å². The normalized spacial score (nSPS) is 14.0. The van der Waals surface area contributed by atoms with Gasteiger partial charge in [0.05, 0.1) is 0 Å². The second kappa shape index (κ2) is 9.73. The van der Waals surface area contributed by atoms with Crippen LogP contribution in [0.3, 0.4) is 0 Å². The average molecular weight is 586 g/mol. The van der Waals surface area contributed by atoms with Crippen molar-refractivity contribution in [2.75, 3.05) is 0 Å². The second-order valence-electron chi connectivity index (χ2n) is 9.67. The zero-order valence-electron chi connectivity index (χ0n) is 21.3. The summed E-state index contributed by atoms with van der Waals surface area (Å²) < 4.78 is 176. The van der Waals surface area contributed by atoms with Crippen molar-refractivity contribution >= 4 is 0 Å². The van der Waals surface area contributed by atoms with E-state index in [4.69, 9.17) is 0 Å². The van der Waals surface area contributed by atoms with Crippen molar-refractivity contribution in [1.82, 2.24) is 0 Å². The largest absolute Gasteiger partial charge is 0.411 e. The summed E-state index contributed by atoms with van der Waals surface area (Å²) in [5, 5.41) is 0. The molecule has 0 fully saturated rings. The lowest BCUT2D eigenvalue weighted by Crippen LogP contribution is -2.56. The second-order valence-corrected chi connectivity index (χ2v) is 9.67. The van der Waals surface area contributed by atoms with Crippen LogP contribution in [0.1, 0.15) is 44.5 Å².